The minimum atomic E-state index is -1.09. The van der Waals surface area contributed by atoms with E-state index < -0.39 is 5.97 Å². The number of carbonyl (C=O) groups is 2. The lowest BCUT2D eigenvalue weighted by molar-refractivity contribution is 0.0697. The number of nitrogens with one attached hydrogen (secondary N) is 2. The third kappa shape index (κ3) is 4.63. The van der Waals surface area contributed by atoms with Crippen molar-refractivity contribution in [3.63, 3.8) is 0 Å². The van der Waals surface area contributed by atoms with Crippen LogP contribution in [0.4, 0.5) is 10.5 Å². The minimum Gasteiger partial charge on any atom is -0.478 e. The van der Waals surface area contributed by atoms with Crippen LogP contribution in [0.2, 0.25) is 5.02 Å². The molecule has 0 aromatic heterocycles. The Morgan fingerprint density at radius 2 is 2.00 bits per heavy atom. The van der Waals surface area contributed by atoms with Gasteiger partial charge in [0.25, 0.3) is 0 Å². The van der Waals surface area contributed by atoms with Crippen molar-refractivity contribution in [1.29, 1.82) is 0 Å². The Hall–Kier alpha value is -1.75. The van der Waals surface area contributed by atoms with E-state index in [1.165, 1.54) is 18.2 Å². The normalized spacial score (nSPS) is 10.2. The third-order valence-electron chi connectivity index (χ3n) is 2.07. The summed E-state index contributed by atoms with van der Waals surface area (Å²) in [5, 5.41) is 14.3. The highest BCUT2D eigenvalue weighted by Gasteiger charge is 2.08. The fourth-order valence-corrected chi connectivity index (χ4v) is 1.49. The van der Waals surface area contributed by atoms with Crippen molar-refractivity contribution >= 4 is 29.3 Å². The second kappa shape index (κ2) is 6.26. The predicted molar refractivity (Wildman–Crippen MR) is 70.3 cm³/mol. The maximum atomic E-state index is 11.5. The first-order valence-corrected chi connectivity index (χ1v) is 5.85. The molecule has 0 aliphatic rings. The van der Waals surface area contributed by atoms with Gasteiger partial charge in [-0.25, -0.2) is 9.59 Å². The molecule has 2 amide bonds. The highest BCUT2D eigenvalue weighted by Crippen LogP contribution is 2.19. The van der Waals surface area contributed by atoms with Gasteiger partial charge in [0.05, 0.1) is 5.56 Å². The quantitative estimate of drug-likeness (QED) is 0.787. The van der Waals surface area contributed by atoms with E-state index in [1.807, 2.05) is 13.8 Å². The van der Waals surface area contributed by atoms with Gasteiger partial charge in [0.1, 0.15) is 0 Å². The molecule has 18 heavy (non-hydrogen) atoms. The molecule has 0 fully saturated rings. The molecule has 0 radical (unpaired) electrons. The Morgan fingerprint density at radius 3 is 2.56 bits per heavy atom. The molecule has 0 saturated heterocycles. The maximum Gasteiger partial charge on any atom is 0.335 e. The molecule has 5 nitrogen and oxygen atoms in total. The summed E-state index contributed by atoms with van der Waals surface area (Å²) in [5.74, 6) is -0.757. The predicted octanol–water partition coefficient (Wildman–Crippen LogP) is 2.82. The molecular weight excluding hydrogens is 256 g/mol. The number of amides is 2. The fourth-order valence-electron chi connectivity index (χ4n) is 1.26. The van der Waals surface area contributed by atoms with Gasteiger partial charge in [-0.05, 0) is 24.1 Å². The first-order valence-electron chi connectivity index (χ1n) is 5.47. The Balaban J connectivity index is 2.72. The fraction of sp³-hybridized carbons (Fsp3) is 0.333. The van der Waals surface area contributed by atoms with Crippen LogP contribution in [0, 0.1) is 5.92 Å². The van der Waals surface area contributed by atoms with E-state index in [0.717, 1.165) is 0 Å². The van der Waals surface area contributed by atoms with Crippen molar-refractivity contribution in [3.05, 3.63) is 28.8 Å². The standard InChI is InChI=1S/C12H15ClN2O3/c1-7(2)6-14-12(18)15-10-4-8(11(16)17)3-9(13)5-10/h3-5,7H,6H2,1-2H3,(H,16,17)(H2,14,15,18). The van der Waals surface area contributed by atoms with Gasteiger partial charge in [0, 0.05) is 17.3 Å². The Morgan fingerprint density at radius 1 is 1.33 bits per heavy atom. The van der Waals surface area contributed by atoms with Crippen LogP contribution in [0.15, 0.2) is 18.2 Å². The molecule has 1 aromatic rings. The van der Waals surface area contributed by atoms with Crippen molar-refractivity contribution in [1.82, 2.24) is 5.32 Å². The summed E-state index contributed by atoms with van der Waals surface area (Å²) in [6.45, 7) is 4.49. The van der Waals surface area contributed by atoms with Crippen molar-refractivity contribution in [2.24, 2.45) is 5.92 Å². The number of hydrogen-bond donors (Lipinski definition) is 3. The molecule has 0 aliphatic carbocycles. The van der Waals surface area contributed by atoms with Gasteiger partial charge in [-0.2, -0.15) is 0 Å². The maximum absolute atomic E-state index is 11.5. The Kier molecular flexibility index (Phi) is 4.97. The number of hydrogen-bond acceptors (Lipinski definition) is 2. The van der Waals surface area contributed by atoms with Gasteiger partial charge in [-0.15, -0.1) is 0 Å². The molecule has 0 heterocycles. The van der Waals surface area contributed by atoms with Crippen LogP contribution in [0.3, 0.4) is 0 Å². The summed E-state index contributed by atoms with van der Waals surface area (Å²) in [7, 11) is 0. The van der Waals surface area contributed by atoms with Crippen molar-refractivity contribution in [2.45, 2.75) is 13.8 Å². The highest BCUT2D eigenvalue weighted by molar-refractivity contribution is 6.31. The first kappa shape index (κ1) is 14.3. The second-order valence-electron chi connectivity index (χ2n) is 4.26. The number of urea groups is 1. The van der Waals surface area contributed by atoms with Gasteiger partial charge >= 0.3 is 12.0 Å². The molecule has 98 valence electrons. The average Bonchev–Trinajstić information content (AvgIpc) is 2.25. The number of carboxylic acid groups (broad SMARTS) is 1. The van der Waals surface area contributed by atoms with Crippen LogP contribution >= 0.6 is 11.6 Å². The lowest BCUT2D eigenvalue weighted by atomic mass is 10.2. The van der Waals surface area contributed by atoms with Gasteiger partial charge in [-0.3, -0.25) is 0 Å². The smallest absolute Gasteiger partial charge is 0.335 e. The molecule has 0 unspecified atom stereocenters. The van der Waals surface area contributed by atoms with E-state index in [0.29, 0.717) is 18.2 Å². The number of rotatable bonds is 4. The third-order valence-corrected chi connectivity index (χ3v) is 2.29. The van der Waals surface area contributed by atoms with E-state index in [9.17, 15) is 9.59 Å². The number of anilines is 1. The molecule has 0 aliphatic heterocycles. The van der Waals surface area contributed by atoms with Crippen LogP contribution in [-0.2, 0) is 0 Å². The van der Waals surface area contributed by atoms with Crippen LogP contribution in [0.25, 0.3) is 0 Å². The topological polar surface area (TPSA) is 78.4 Å². The lowest BCUT2D eigenvalue weighted by Gasteiger charge is -2.10. The van der Waals surface area contributed by atoms with E-state index >= 15 is 0 Å². The zero-order chi connectivity index (χ0) is 13.7. The number of carboxylic acids is 1. The van der Waals surface area contributed by atoms with Crippen molar-refractivity contribution in [3.8, 4) is 0 Å². The van der Waals surface area contributed by atoms with Crippen LogP contribution in [0.5, 0.6) is 0 Å². The SMILES string of the molecule is CC(C)CNC(=O)Nc1cc(Cl)cc(C(=O)O)c1. The molecule has 1 aromatic carbocycles. The molecule has 0 saturated carbocycles. The summed E-state index contributed by atoms with van der Waals surface area (Å²) >= 11 is 5.77. The average molecular weight is 271 g/mol. The Labute approximate surface area is 110 Å². The van der Waals surface area contributed by atoms with Crippen LogP contribution in [0.1, 0.15) is 24.2 Å². The molecule has 0 spiro atoms. The summed E-state index contributed by atoms with van der Waals surface area (Å²) in [6, 6.07) is 3.77. The largest absolute Gasteiger partial charge is 0.478 e. The van der Waals surface area contributed by atoms with Gasteiger partial charge in [0.15, 0.2) is 0 Å². The molecule has 0 bridgehead atoms. The van der Waals surface area contributed by atoms with E-state index in [4.69, 9.17) is 16.7 Å². The Bertz CT molecular complexity index is 461. The second-order valence-corrected chi connectivity index (χ2v) is 4.70. The molecule has 6 heteroatoms. The molecule has 1 rings (SSSR count). The highest BCUT2D eigenvalue weighted by atomic mass is 35.5. The number of aromatic carboxylic acids is 1. The van der Waals surface area contributed by atoms with Gasteiger partial charge < -0.3 is 15.7 Å². The van der Waals surface area contributed by atoms with Crippen LogP contribution < -0.4 is 10.6 Å². The first-order chi connectivity index (χ1) is 8.38. The number of halogens is 1. The van der Waals surface area contributed by atoms with Crippen molar-refractivity contribution < 1.29 is 14.7 Å². The zero-order valence-electron chi connectivity index (χ0n) is 10.2. The summed E-state index contributed by atoms with van der Waals surface area (Å²) < 4.78 is 0. The minimum absolute atomic E-state index is 0.0293. The van der Waals surface area contributed by atoms with E-state index in [1.54, 1.807) is 0 Å². The summed E-state index contributed by atoms with van der Waals surface area (Å²) in [4.78, 5) is 22.3. The number of carbonyl (C=O) groups excluding carboxylic acids is 1. The van der Waals surface area contributed by atoms with Gasteiger partial charge in [0.2, 0.25) is 0 Å². The zero-order valence-corrected chi connectivity index (χ0v) is 10.9. The number of benzene rings is 1. The molecule has 0 atom stereocenters. The monoisotopic (exact) mass is 270 g/mol. The molecular formula is C12H15ClN2O3. The van der Waals surface area contributed by atoms with Gasteiger partial charge in [-0.1, -0.05) is 25.4 Å². The van der Waals surface area contributed by atoms with Crippen molar-refractivity contribution in [2.75, 3.05) is 11.9 Å². The van der Waals surface area contributed by atoms with E-state index in [2.05, 4.69) is 10.6 Å². The van der Waals surface area contributed by atoms with Crippen LogP contribution in [-0.4, -0.2) is 23.7 Å². The summed E-state index contributed by atoms with van der Waals surface area (Å²) in [5.41, 5.74) is 0.378. The van der Waals surface area contributed by atoms with E-state index in [-0.39, 0.29) is 16.6 Å². The summed E-state index contributed by atoms with van der Waals surface area (Å²) in [6.07, 6.45) is 0. The lowest BCUT2D eigenvalue weighted by Crippen LogP contribution is -2.31. The molecule has 3 N–H and O–H groups in total.